The molecule has 1 aliphatic rings. The second kappa shape index (κ2) is 12.9. The summed E-state index contributed by atoms with van der Waals surface area (Å²) in [5.41, 5.74) is 1.54. The minimum absolute atomic E-state index is 0.159. The summed E-state index contributed by atoms with van der Waals surface area (Å²) in [6.07, 6.45) is 2.82. The Labute approximate surface area is 226 Å². The summed E-state index contributed by atoms with van der Waals surface area (Å²) in [5.74, 6) is 1.36. The Morgan fingerprint density at radius 1 is 1.22 bits per heavy atom. The molecule has 0 aromatic heterocycles. The Morgan fingerprint density at radius 3 is 2.57 bits per heavy atom. The zero-order chi connectivity index (χ0) is 27.0. The Balaban J connectivity index is 1.77. The number of alkyl carbamates (subject to hydrolysis) is 1. The molecule has 1 saturated heterocycles. The van der Waals surface area contributed by atoms with Crippen molar-refractivity contribution in [2.75, 3.05) is 12.5 Å². The van der Waals surface area contributed by atoms with Crippen LogP contribution >= 0.6 is 23.4 Å². The van der Waals surface area contributed by atoms with Crippen LogP contribution in [0.3, 0.4) is 0 Å². The highest BCUT2D eigenvalue weighted by Crippen LogP contribution is 2.40. The quantitative estimate of drug-likeness (QED) is 0.420. The van der Waals surface area contributed by atoms with Crippen LogP contribution < -0.4 is 10.6 Å². The summed E-state index contributed by atoms with van der Waals surface area (Å²) in [5, 5.41) is 17.1. The molecule has 196 valence electrons. The zero-order valence-corrected chi connectivity index (χ0v) is 22.2. The molecule has 3 amide bonds. The third-order valence-electron chi connectivity index (χ3n) is 6.01. The summed E-state index contributed by atoms with van der Waals surface area (Å²) in [6.45, 7) is 3.68. The van der Waals surface area contributed by atoms with Gasteiger partial charge in [0.25, 0.3) is 5.91 Å². The lowest BCUT2D eigenvalue weighted by molar-refractivity contribution is -0.147. The van der Waals surface area contributed by atoms with E-state index in [2.05, 4.69) is 16.6 Å². The predicted octanol–water partition coefficient (Wildman–Crippen LogP) is 2.97. The van der Waals surface area contributed by atoms with Gasteiger partial charge in [0.05, 0.1) is 11.9 Å². The molecule has 2 aromatic carbocycles. The number of nitrogens with zero attached hydrogens (tertiary/aromatic N) is 1. The number of aliphatic hydroxyl groups excluding tert-OH is 1. The van der Waals surface area contributed by atoms with E-state index in [0.29, 0.717) is 5.02 Å². The van der Waals surface area contributed by atoms with Crippen LogP contribution in [-0.4, -0.2) is 63.3 Å². The van der Waals surface area contributed by atoms with Gasteiger partial charge in [-0.1, -0.05) is 66.1 Å². The number of terminal acetylenes is 1. The van der Waals surface area contributed by atoms with E-state index < -0.39 is 34.9 Å². The van der Waals surface area contributed by atoms with Gasteiger partial charge in [-0.05, 0) is 37.5 Å². The summed E-state index contributed by atoms with van der Waals surface area (Å²) >= 11 is 7.64. The smallest absolute Gasteiger partial charge is 0.408 e. The largest absolute Gasteiger partial charge is 0.436 e. The number of ether oxygens (including phenoxy) is 1. The Kier molecular flexibility index (Phi) is 9.86. The van der Waals surface area contributed by atoms with Gasteiger partial charge in [0.2, 0.25) is 5.91 Å². The van der Waals surface area contributed by atoms with Crippen molar-refractivity contribution in [3.8, 4) is 12.3 Å². The number of nitrogens with one attached hydrogen (secondary N) is 2. The van der Waals surface area contributed by atoms with Crippen molar-refractivity contribution >= 4 is 41.3 Å². The third-order valence-corrected chi connectivity index (χ3v) is 7.75. The van der Waals surface area contributed by atoms with Crippen LogP contribution in [-0.2, 0) is 27.3 Å². The summed E-state index contributed by atoms with van der Waals surface area (Å²) in [6, 6.07) is 14.4. The molecule has 10 heteroatoms. The summed E-state index contributed by atoms with van der Waals surface area (Å²) in [4.78, 5) is 40.4. The van der Waals surface area contributed by atoms with E-state index in [1.54, 1.807) is 12.1 Å². The third kappa shape index (κ3) is 7.41. The molecule has 1 fully saturated rings. The molecule has 3 rings (SSSR count). The standard InChI is InChI=1S/C27H30ClN3O5S/c1-4-14-36-26(35)30-21(15-18-10-6-5-7-11-18)22(32)25(34)31-17-37-27(2,3)23(31)24(33)29-16-19-12-8-9-13-20(19)28/h1,5-13,21-23,32H,14-17H2,2-3H3,(H,29,33)(H,30,35)/t21-,22-,23+/m0/s1. The number of carbonyl (C=O) groups excluding carboxylic acids is 3. The van der Waals surface area contributed by atoms with Crippen molar-refractivity contribution in [3.05, 3.63) is 70.7 Å². The predicted molar refractivity (Wildman–Crippen MR) is 144 cm³/mol. The fourth-order valence-electron chi connectivity index (χ4n) is 4.09. The van der Waals surface area contributed by atoms with Crippen LogP contribution in [0.15, 0.2) is 54.6 Å². The highest BCUT2D eigenvalue weighted by molar-refractivity contribution is 8.00. The number of aliphatic hydroxyl groups is 1. The molecule has 1 heterocycles. The van der Waals surface area contributed by atoms with Gasteiger partial charge in [0, 0.05) is 16.3 Å². The van der Waals surface area contributed by atoms with Gasteiger partial charge in [-0.3, -0.25) is 9.59 Å². The van der Waals surface area contributed by atoms with E-state index in [4.69, 9.17) is 22.8 Å². The molecule has 0 spiro atoms. The summed E-state index contributed by atoms with van der Waals surface area (Å²) < 4.78 is 4.27. The molecule has 8 nitrogen and oxygen atoms in total. The topological polar surface area (TPSA) is 108 Å². The molecule has 37 heavy (non-hydrogen) atoms. The van der Waals surface area contributed by atoms with E-state index in [1.807, 2.05) is 56.3 Å². The number of thioether (sulfide) groups is 1. The molecule has 0 radical (unpaired) electrons. The van der Waals surface area contributed by atoms with E-state index in [1.165, 1.54) is 16.7 Å². The highest BCUT2D eigenvalue weighted by atomic mass is 35.5. The van der Waals surface area contributed by atoms with Crippen molar-refractivity contribution in [2.45, 2.75) is 49.7 Å². The lowest BCUT2D eigenvalue weighted by Gasteiger charge is -2.33. The Morgan fingerprint density at radius 2 is 1.89 bits per heavy atom. The highest BCUT2D eigenvalue weighted by Gasteiger charge is 2.49. The van der Waals surface area contributed by atoms with Crippen LogP contribution in [0, 0.1) is 12.3 Å². The number of halogens is 1. The zero-order valence-electron chi connectivity index (χ0n) is 20.6. The number of amides is 3. The first-order valence-corrected chi connectivity index (χ1v) is 13.0. The molecule has 0 saturated carbocycles. The van der Waals surface area contributed by atoms with Crippen molar-refractivity contribution in [1.29, 1.82) is 0 Å². The number of carbonyl (C=O) groups is 3. The molecular formula is C27H30ClN3O5S. The Hall–Kier alpha value is -3.19. The van der Waals surface area contributed by atoms with Gasteiger partial charge in [0.1, 0.15) is 6.04 Å². The van der Waals surface area contributed by atoms with Crippen molar-refractivity contribution in [2.24, 2.45) is 0 Å². The second-order valence-electron chi connectivity index (χ2n) is 9.06. The van der Waals surface area contributed by atoms with Gasteiger partial charge in [-0.2, -0.15) is 0 Å². The van der Waals surface area contributed by atoms with Gasteiger partial charge in [-0.15, -0.1) is 18.2 Å². The number of benzene rings is 2. The maximum Gasteiger partial charge on any atom is 0.408 e. The Bertz CT molecular complexity index is 1150. The fraction of sp³-hybridized carbons (Fsp3) is 0.370. The number of hydrogen-bond acceptors (Lipinski definition) is 6. The molecule has 2 aromatic rings. The van der Waals surface area contributed by atoms with Crippen molar-refractivity contribution in [1.82, 2.24) is 15.5 Å². The summed E-state index contributed by atoms with van der Waals surface area (Å²) in [7, 11) is 0. The van der Waals surface area contributed by atoms with E-state index in [-0.39, 0.29) is 31.4 Å². The number of rotatable bonds is 9. The van der Waals surface area contributed by atoms with E-state index >= 15 is 0 Å². The van der Waals surface area contributed by atoms with Gasteiger partial charge in [-0.25, -0.2) is 4.79 Å². The molecule has 3 N–H and O–H groups in total. The van der Waals surface area contributed by atoms with Crippen LogP contribution in [0.4, 0.5) is 4.79 Å². The maximum absolute atomic E-state index is 13.5. The molecule has 1 aliphatic heterocycles. The van der Waals surface area contributed by atoms with Crippen molar-refractivity contribution < 1.29 is 24.2 Å². The van der Waals surface area contributed by atoms with Crippen molar-refractivity contribution in [3.63, 3.8) is 0 Å². The van der Waals surface area contributed by atoms with Crippen LogP contribution in [0.5, 0.6) is 0 Å². The molecular weight excluding hydrogens is 514 g/mol. The fourth-order valence-corrected chi connectivity index (χ4v) is 5.43. The maximum atomic E-state index is 13.5. The molecule has 0 unspecified atom stereocenters. The minimum Gasteiger partial charge on any atom is -0.436 e. The van der Waals surface area contributed by atoms with Crippen LogP contribution in [0.2, 0.25) is 5.02 Å². The number of hydrogen-bond donors (Lipinski definition) is 3. The lowest BCUT2D eigenvalue weighted by Crippen LogP contribution is -2.58. The SMILES string of the molecule is C#CCOC(=O)N[C@@H](Cc1ccccc1)[C@H](O)C(=O)N1CSC(C)(C)[C@H]1C(=O)NCc1ccccc1Cl. The molecule has 3 atom stereocenters. The molecule has 0 aliphatic carbocycles. The van der Waals surface area contributed by atoms with Gasteiger partial charge < -0.3 is 25.4 Å². The van der Waals surface area contributed by atoms with E-state index in [9.17, 15) is 19.5 Å². The van der Waals surface area contributed by atoms with Crippen LogP contribution in [0.1, 0.15) is 25.0 Å². The van der Waals surface area contributed by atoms with Gasteiger partial charge >= 0.3 is 6.09 Å². The normalized spacial score (nSPS) is 17.8. The van der Waals surface area contributed by atoms with Gasteiger partial charge in [0.15, 0.2) is 12.7 Å². The monoisotopic (exact) mass is 543 g/mol. The molecule has 0 bridgehead atoms. The average molecular weight is 544 g/mol. The first kappa shape index (κ1) is 28.4. The lowest BCUT2D eigenvalue weighted by atomic mass is 9.97. The first-order chi connectivity index (χ1) is 17.6. The average Bonchev–Trinajstić information content (AvgIpc) is 3.21. The minimum atomic E-state index is -1.63. The van der Waals surface area contributed by atoms with Crippen LogP contribution in [0.25, 0.3) is 0 Å². The first-order valence-electron chi connectivity index (χ1n) is 11.7. The van der Waals surface area contributed by atoms with E-state index in [0.717, 1.165) is 11.1 Å². The second-order valence-corrected chi connectivity index (χ2v) is 11.1.